The summed E-state index contributed by atoms with van der Waals surface area (Å²) >= 11 is 13.3. The van der Waals surface area contributed by atoms with Gasteiger partial charge in [-0.05, 0) is 59.0 Å². The van der Waals surface area contributed by atoms with Crippen molar-refractivity contribution in [1.29, 1.82) is 0 Å². The van der Waals surface area contributed by atoms with E-state index < -0.39 is 11.6 Å². The second kappa shape index (κ2) is 10.1. The summed E-state index contributed by atoms with van der Waals surface area (Å²) in [5.41, 5.74) is -0.273. The van der Waals surface area contributed by atoms with Crippen LogP contribution >= 0.6 is 45.8 Å². The summed E-state index contributed by atoms with van der Waals surface area (Å²) in [6.07, 6.45) is 2.70. The van der Waals surface area contributed by atoms with Gasteiger partial charge in [0.05, 0.1) is 14.7 Å². The Labute approximate surface area is 197 Å². The summed E-state index contributed by atoms with van der Waals surface area (Å²) in [6.45, 7) is 0. The molecule has 2 aromatic heterocycles. The predicted octanol–water partition coefficient (Wildman–Crippen LogP) is 5.06. The molecule has 0 aliphatic rings. The lowest BCUT2D eigenvalue weighted by Crippen LogP contribution is -2.11. The highest BCUT2D eigenvalue weighted by Crippen LogP contribution is 2.23. The van der Waals surface area contributed by atoms with Crippen molar-refractivity contribution in [3.8, 4) is 22.8 Å². The second-order valence-electron chi connectivity index (χ2n) is 5.94. The van der Waals surface area contributed by atoms with E-state index in [1.54, 1.807) is 0 Å². The molecule has 2 heterocycles. The number of nitrogens with one attached hydrogen (secondary N) is 2. The summed E-state index contributed by atoms with van der Waals surface area (Å²) < 4.78 is 27.3. The number of aromatic nitrogens is 4. The first-order valence-electron chi connectivity index (χ1n) is 8.45. The van der Waals surface area contributed by atoms with E-state index in [-0.39, 0.29) is 33.9 Å². The monoisotopic (exact) mass is 574 g/mol. The van der Waals surface area contributed by atoms with Crippen LogP contribution < -0.4 is 11.1 Å². The van der Waals surface area contributed by atoms with Gasteiger partial charge in [0.15, 0.2) is 0 Å². The van der Waals surface area contributed by atoms with Crippen molar-refractivity contribution in [1.82, 2.24) is 19.9 Å². The highest BCUT2D eigenvalue weighted by Gasteiger charge is 2.09. The molecule has 0 radical (unpaired) electrons. The average Bonchev–Trinajstić information content (AvgIpc) is 2.74. The Morgan fingerprint density at radius 2 is 1.35 bits per heavy atom. The zero-order chi connectivity index (χ0) is 22.5. The molecule has 0 saturated heterocycles. The van der Waals surface area contributed by atoms with Gasteiger partial charge in [-0.25, -0.2) is 18.7 Å². The first-order valence-corrected chi connectivity index (χ1v) is 10.3. The smallest absolute Gasteiger partial charge is 0.264 e. The highest BCUT2D eigenvalue weighted by atomic mass is 127. The molecule has 2 aromatic carbocycles. The quantitative estimate of drug-likeness (QED) is 0.327. The summed E-state index contributed by atoms with van der Waals surface area (Å²) in [5.74, 6) is -0.615. The van der Waals surface area contributed by atoms with Gasteiger partial charge in [-0.2, -0.15) is 0 Å². The lowest BCUT2D eigenvalue weighted by Gasteiger charge is -2.02. The van der Waals surface area contributed by atoms with Gasteiger partial charge in [-0.15, -0.1) is 0 Å². The van der Waals surface area contributed by atoms with E-state index in [2.05, 4.69) is 19.9 Å². The van der Waals surface area contributed by atoms with Gasteiger partial charge in [-0.1, -0.05) is 23.2 Å². The molecule has 0 unspecified atom stereocenters. The lowest BCUT2D eigenvalue weighted by molar-refractivity contribution is 0.629. The van der Waals surface area contributed by atoms with Crippen molar-refractivity contribution in [3.05, 3.63) is 101 Å². The molecule has 2 N–H and O–H groups in total. The van der Waals surface area contributed by atoms with Crippen LogP contribution in [0.2, 0.25) is 10.0 Å². The standard InChI is InChI=1S/C10H5ClFIN2O.C10H6ClFN2O/c11-5-1-2-7(12)6(3-5)9-14-4-8(13)10(16)15-9;11-6-1-2-8(12)7(5-6)10-13-4-3-9(15)14-10/h1-4H,(H,14,15,16);1-5H,(H,13,14,15). The minimum absolute atomic E-state index is 0.169. The van der Waals surface area contributed by atoms with Gasteiger partial charge in [0.1, 0.15) is 23.3 Å². The maximum absolute atomic E-state index is 13.5. The molecule has 0 aliphatic heterocycles. The number of benzene rings is 2. The Balaban J connectivity index is 0.000000176. The number of hydrogen-bond acceptors (Lipinski definition) is 4. The average molecular weight is 575 g/mol. The van der Waals surface area contributed by atoms with Crippen molar-refractivity contribution in [3.63, 3.8) is 0 Å². The molecule has 0 saturated carbocycles. The molecular weight excluding hydrogens is 564 g/mol. The normalized spacial score (nSPS) is 10.4. The summed E-state index contributed by atoms with van der Waals surface area (Å²) in [4.78, 5) is 35.1. The van der Waals surface area contributed by atoms with Crippen LogP contribution in [0.5, 0.6) is 0 Å². The fraction of sp³-hybridized carbons (Fsp3) is 0. The molecule has 4 aromatic rings. The molecule has 0 spiro atoms. The number of aromatic amines is 2. The number of hydrogen-bond donors (Lipinski definition) is 2. The molecule has 6 nitrogen and oxygen atoms in total. The van der Waals surface area contributed by atoms with Gasteiger partial charge in [-0.3, -0.25) is 9.59 Å². The number of H-pyrrole nitrogens is 2. The van der Waals surface area contributed by atoms with E-state index in [4.69, 9.17) is 23.2 Å². The fourth-order valence-corrected chi connectivity index (χ4v) is 3.00. The first kappa shape index (κ1) is 23.0. The molecule has 0 atom stereocenters. The third-order valence-corrected chi connectivity index (χ3v) is 5.03. The number of halogens is 5. The SMILES string of the molecule is O=c1[nH]c(-c2cc(Cl)ccc2F)ncc1I.O=c1ccnc(-c2cc(Cl)ccc2F)[nH]1. The van der Waals surface area contributed by atoms with Crippen molar-refractivity contribution in [2.45, 2.75) is 0 Å². The van der Waals surface area contributed by atoms with Gasteiger partial charge in [0.2, 0.25) is 0 Å². The molecule has 158 valence electrons. The maximum Gasteiger partial charge on any atom is 0.264 e. The summed E-state index contributed by atoms with van der Waals surface area (Å²) in [6, 6.07) is 9.41. The second-order valence-corrected chi connectivity index (χ2v) is 7.97. The van der Waals surface area contributed by atoms with Gasteiger partial charge in [0, 0.05) is 28.5 Å². The number of rotatable bonds is 2. The Morgan fingerprint density at radius 1 is 0.806 bits per heavy atom. The van der Waals surface area contributed by atoms with Crippen molar-refractivity contribution in [2.75, 3.05) is 0 Å². The van der Waals surface area contributed by atoms with Gasteiger partial charge >= 0.3 is 0 Å². The minimum atomic E-state index is -0.478. The van der Waals surface area contributed by atoms with E-state index >= 15 is 0 Å². The van der Waals surface area contributed by atoms with Crippen LogP contribution in [-0.2, 0) is 0 Å². The van der Waals surface area contributed by atoms with Crippen LogP contribution in [0.3, 0.4) is 0 Å². The molecular formula is C20H11Cl2F2IN4O2. The van der Waals surface area contributed by atoms with E-state index in [0.717, 1.165) is 0 Å². The van der Waals surface area contributed by atoms with E-state index in [1.165, 1.54) is 54.9 Å². The van der Waals surface area contributed by atoms with Crippen LogP contribution in [0.4, 0.5) is 8.78 Å². The van der Waals surface area contributed by atoms with Crippen LogP contribution in [0.1, 0.15) is 0 Å². The van der Waals surface area contributed by atoms with Crippen LogP contribution in [0, 0.1) is 15.2 Å². The van der Waals surface area contributed by atoms with Gasteiger partial charge < -0.3 is 9.97 Å². The number of nitrogens with zero attached hydrogens (tertiary/aromatic N) is 2. The molecule has 0 bridgehead atoms. The van der Waals surface area contributed by atoms with Crippen molar-refractivity contribution in [2.24, 2.45) is 0 Å². The third-order valence-electron chi connectivity index (χ3n) is 3.79. The van der Waals surface area contributed by atoms with E-state index in [9.17, 15) is 18.4 Å². The van der Waals surface area contributed by atoms with Crippen LogP contribution in [0.25, 0.3) is 22.8 Å². The largest absolute Gasteiger partial charge is 0.306 e. The first-order chi connectivity index (χ1) is 14.7. The maximum atomic E-state index is 13.5. The zero-order valence-corrected chi connectivity index (χ0v) is 19.0. The van der Waals surface area contributed by atoms with Crippen molar-refractivity contribution < 1.29 is 8.78 Å². The van der Waals surface area contributed by atoms with E-state index in [0.29, 0.717) is 13.6 Å². The zero-order valence-electron chi connectivity index (χ0n) is 15.3. The minimum Gasteiger partial charge on any atom is -0.306 e. The Bertz CT molecular complexity index is 1360. The Kier molecular flexibility index (Phi) is 7.52. The molecule has 31 heavy (non-hydrogen) atoms. The van der Waals surface area contributed by atoms with Crippen molar-refractivity contribution >= 4 is 45.8 Å². The summed E-state index contributed by atoms with van der Waals surface area (Å²) in [7, 11) is 0. The summed E-state index contributed by atoms with van der Waals surface area (Å²) in [5, 5.41) is 0.774. The predicted molar refractivity (Wildman–Crippen MR) is 123 cm³/mol. The van der Waals surface area contributed by atoms with Crippen LogP contribution in [-0.4, -0.2) is 19.9 Å². The third kappa shape index (κ3) is 5.96. The molecule has 0 aliphatic carbocycles. The molecule has 4 rings (SSSR count). The fourth-order valence-electron chi connectivity index (χ4n) is 2.38. The topological polar surface area (TPSA) is 91.5 Å². The molecule has 0 fully saturated rings. The Hall–Kier alpha value is -2.63. The lowest BCUT2D eigenvalue weighted by atomic mass is 10.2. The highest BCUT2D eigenvalue weighted by molar-refractivity contribution is 14.1. The van der Waals surface area contributed by atoms with Crippen LogP contribution in [0.15, 0.2) is 64.4 Å². The van der Waals surface area contributed by atoms with Gasteiger partial charge in [0.25, 0.3) is 11.1 Å². The Morgan fingerprint density at radius 3 is 1.87 bits per heavy atom. The molecule has 11 heteroatoms. The molecule has 0 amide bonds. The van der Waals surface area contributed by atoms with E-state index in [1.807, 2.05) is 22.6 Å².